The molecule has 0 unspecified atom stereocenters. The first kappa shape index (κ1) is 23.0. The predicted octanol–water partition coefficient (Wildman–Crippen LogP) is 4.96. The number of halogens is 2. The first-order valence-electron chi connectivity index (χ1n) is 10.2. The van der Waals surface area contributed by atoms with Crippen molar-refractivity contribution in [1.82, 2.24) is 4.83 Å². The van der Waals surface area contributed by atoms with Crippen LogP contribution in [0.5, 0.6) is 0 Å². The molecule has 1 heterocycles. The number of hydrazone groups is 1. The minimum Gasteiger partial charge on any atom is -0.455 e. The summed E-state index contributed by atoms with van der Waals surface area (Å²) in [6.07, 6.45) is 1.79. The lowest BCUT2D eigenvalue weighted by atomic mass is 9.93. The highest BCUT2D eigenvalue weighted by Gasteiger charge is 2.28. The third-order valence-corrected chi connectivity index (χ3v) is 7.02. The van der Waals surface area contributed by atoms with Crippen LogP contribution in [-0.2, 0) is 16.4 Å². The fourth-order valence-corrected chi connectivity index (χ4v) is 4.65. The molecule has 2 aromatic carbocycles. The lowest BCUT2D eigenvalue weighted by Crippen LogP contribution is -2.22. The van der Waals surface area contributed by atoms with Crippen molar-refractivity contribution in [2.75, 3.05) is 5.32 Å². The average molecular weight is 490 g/mol. The number of amides is 1. The molecule has 0 spiro atoms. The van der Waals surface area contributed by atoms with Crippen LogP contribution in [0.1, 0.15) is 45.8 Å². The van der Waals surface area contributed by atoms with Gasteiger partial charge in [-0.3, -0.25) is 4.79 Å². The monoisotopic (exact) mass is 489 g/mol. The first-order chi connectivity index (χ1) is 15.7. The van der Waals surface area contributed by atoms with Crippen LogP contribution in [0.25, 0.3) is 0 Å². The minimum atomic E-state index is -3.98. The Balaban J connectivity index is 1.60. The van der Waals surface area contributed by atoms with E-state index in [1.807, 2.05) is 6.92 Å². The first-order valence-corrected chi connectivity index (χ1v) is 12.1. The van der Waals surface area contributed by atoms with Gasteiger partial charge in [-0.25, -0.2) is 4.39 Å². The maximum Gasteiger partial charge on any atom is 0.291 e. The van der Waals surface area contributed by atoms with Gasteiger partial charge in [0.15, 0.2) is 5.76 Å². The summed E-state index contributed by atoms with van der Waals surface area (Å²) in [5, 5.41) is 7.42. The predicted molar refractivity (Wildman–Crippen MR) is 124 cm³/mol. The van der Waals surface area contributed by atoms with Crippen LogP contribution in [0.2, 0.25) is 5.02 Å². The number of benzene rings is 2. The van der Waals surface area contributed by atoms with E-state index in [0.29, 0.717) is 52.6 Å². The van der Waals surface area contributed by atoms with Crippen molar-refractivity contribution in [1.29, 1.82) is 0 Å². The summed E-state index contributed by atoms with van der Waals surface area (Å²) in [7, 11) is -3.98. The van der Waals surface area contributed by atoms with Gasteiger partial charge in [0.1, 0.15) is 11.6 Å². The summed E-state index contributed by atoms with van der Waals surface area (Å²) in [4.78, 5) is 15.0. The number of carbonyl (C=O) groups is 1. The number of hydrogen-bond donors (Lipinski definition) is 2. The molecule has 4 rings (SSSR count). The highest BCUT2D eigenvalue weighted by atomic mass is 35.5. The van der Waals surface area contributed by atoms with E-state index in [4.69, 9.17) is 16.0 Å². The van der Waals surface area contributed by atoms with Crippen molar-refractivity contribution < 1.29 is 22.0 Å². The number of nitrogens with one attached hydrogen (secondary N) is 2. The zero-order valence-electron chi connectivity index (χ0n) is 17.9. The Morgan fingerprint density at radius 3 is 2.55 bits per heavy atom. The Morgan fingerprint density at radius 2 is 1.85 bits per heavy atom. The highest BCUT2D eigenvalue weighted by molar-refractivity contribution is 7.89. The lowest BCUT2D eigenvalue weighted by molar-refractivity contribution is 0.0994. The molecule has 3 aromatic rings. The van der Waals surface area contributed by atoms with Crippen molar-refractivity contribution in [2.24, 2.45) is 5.10 Å². The molecule has 172 valence electrons. The molecule has 0 saturated carbocycles. The Hall–Kier alpha value is -3.17. The number of furan rings is 1. The molecular weight excluding hydrogens is 469 g/mol. The van der Waals surface area contributed by atoms with Crippen LogP contribution in [0.15, 0.2) is 56.9 Å². The fourth-order valence-electron chi connectivity index (χ4n) is 3.64. The zero-order chi connectivity index (χ0) is 23.8. The Morgan fingerprint density at radius 1 is 1.12 bits per heavy atom. The molecule has 10 heteroatoms. The van der Waals surface area contributed by atoms with Gasteiger partial charge < -0.3 is 9.73 Å². The van der Waals surface area contributed by atoms with Crippen LogP contribution in [0.4, 0.5) is 10.1 Å². The number of aryl methyl sites for hydroxylation is 2. The lowest BCUT2D eigenvalue weighted by Gasteiger charge is -2.14. The average Bonchev–Trinajstić information content (AvgIpc) is 3.12. The molecule has 33 heavy (non-hydrogen) atoms. The van der Waals surface area contributed by atoms with Crippen LogP contribution in [0, 0.1) is 19.7 Å². The normalized spacial score (nSPS) is 14.7. The van der Waals surface area contributed by atoms with Crippen LogP contribution in [0.3, 0.4) is 0 Å². The van der Waals surface area contributed by atoms with E-state index in [2.05, 4.69) is 15.2 Å². The second-order valence-electron chi connectivity index (χ2n) is 7.73. The number of sulfonamides is 1. The van der Waals surface area contributed by atoms with Gasteiger partial charge in [-0.1, -0.05) is 17.7 Å². The van der Waals surface area contributed by atoms with Gasteiger partial charge in [0.2, 0.25) is 0 Å². The zero-order valence-corrected chi connectivity index (χ0v) is 19.5. The number of carbonyl (C=O) groups excluding carboxylic acids is 1. The summed E-state index contributed by atoms with van der Waals surface area (Å²) in [5.41, 5.74) is 3.09. The second kappa shape index (κ2) is 8.99. The third kappa shape index (κ3) is 4.79. The van der Waals surface area contributed by atoms with Crippen molar-refractivity contribution in [2.45, 2.75) is 38.0 Å². The van der Waals surface area contributed by atoms with Gasteiger partial charge in [-0.05, 0) is 68.7 Å². The molecular formula is C23H21ClFN3O4S. The van der Waals surface area contributed by atoms with E-state index in [1.54, 1.807) is 25.1 Å². The summed E-state index contributed by atoms with van der Waals surface area (Å²) in [6.45, 7) is 3.60. The molecule has 0 bridgehead atoms. The molecule has 0 aliphatic heterocycles. The largest absolute Gasteiger partial charge is 0.455 e. The molecule has 1 aliphatic carbocycles. The van der Waals surface area contributed by atoms with Gasteiger partial charge in [0.05, 0.1) is 10.6 Å². The molecule has 0 saturated heterocycles. The molecule has 1 aliphatic rings. The van der Waals surface area contributed by atoms with Gasteiger partial charge in [-0.2, -0.15) is 18.4 Å². The maximum atomic E-state index is 13.1. The maximum absolute atomic E-state index is 13.1. The van der Waals surface area contributed by atoms with E-state index in [0.717, 1.165) is 29.8 Å². The molecule has 0 radical (unpaired) electrons. The minimum absolute atomic E-state index is 0.106. The second-order valence-corrected chi connectivity index (χ2v) is 9.80. The van der Waals surface area contributed by atoms with Crippen LogP contribution < -0.4 is 10.1 Å². The number of hydrogen-bond acceptors (Lipinski definition) is 5. The summed E-state index contributed by atoms with van der Waals surface area (Å²) < 4.78 is 44.0. The summed E-state index contributed by atoms with van der Waals surface area (Å²) in [6, 6.07) is 9.65. The number of nitrogens with zero attached hydrogens (tertiary/aromatic N) is 1. The van der Waals surface area contributed by atoms with Gasteiger partial charge >= 0.3 is 0 Å². The van der Waals surface area contributed by atoms with Crippen LogP contribution >= 0.6 is 11.6 Å². The van der Waals surface area contributed by atoms with Gasteiger partial charge in [-0.15, -0.1) is 0 Å². The van der Waals surface area contributed by atoms with Crippen molar-refractivity contribution in [3.05, 3.63) is 81.5 Å². The number of fused-ring (bicyclic) bond motifs is 1. The Bertz CT molecular complexity index is 1370. The van der Waals surface area contributed by atoms with Gasteiger partial charge in [0, 0.05) is 28.3 Å². The Kier molecular flexibility index (Phi) is 6.27. The molecule has 7 nitrogen and oxygen atoms in total. The van der Waals surface area contributed by atoms with E-state index in [-0.39, 0.29) is 10.7 Å². The van der Waals surface area contributed by atoms with E-state index in [1.165, 1.54) is 0 Å². The van der Waals surface area contributed by atoms with Gasteiger partial charge in [0.25, 0.3) is 15.9 Å². The number of rotatable bonds is 5. The summed E-state index contributed by atoms with van der Waals surface area (Å²) >= 11 is 6.13. The molecule has 0 atom stereocenters. The smallest absolute Gasteiger partial charge is 0.291 e. The molecule has 1 aromatic heterocycles. The number of anilines is 1. The van der Waals surface area contributed by atoms with E-state index in [9.17, 15) is 17.6 Å². The van der Waals surface area contributed by atoms with Crippen LogP contribution in [-0.4, -0.2) is 20.0 Å². The SMILES string of the molecule is Cc1ccc(NC(=O)c2oc3c(c2C)/C(=N/NS(=O)(=O)c2ccc(F)cc2)CCC3)cc1Cl. The topological polar surface area (TPSA) is 101 Å². The quantitative estimate of drug-likeness (QED) is 0.494. The summed E-state index contributed by atoms with van der Waals surface area (Å²) in [5.74, 6) is -0.267. The Labute approximate surface area is 195 Å². The standard InChI is InChI=1S/C23H21ClFN3O4S/c1-13-6-9-16(12-18(13)24)26-23(29)22-14(2)21-19(4-3-5-20(21)32-22)27-28-33(30,31)17-10-7-15(25)8-11-17/h6-12,28H,3-5H2,1-2H3,(H,26,29)/b27-19+. The van der Waals surface area contributed by atoms with Crippen molar-refractivity contribution in [3.8, 4) is 0 Å². The van der Waals surface area contributed by atoms with E-state index >= 15 is 0 Å². The molecule has 0 fully saturated rings. The van der Waals surface area contributed by atoms with E-state index < -0.39 is 21.7 Å². The molecule has 2 N–H and O–H groups in total. The van der Waals surface area contributed by atoms with Crippen molar-refractivity contribution >= 4 is 38.9 Å². The highest BCUT2D eigenvalue weighted by Crippen LogP contribution is 2.31. The third-order valence-electron chi connectivity index (χ3n) is 5.39. The van der Waals surface area contributed by atoms with Crippen molar-refractivity contribution in [3.63, 3.8) is 0 Å². The molecule has 1 amide bonds. The fraction of sp³-hybridized carbons (Fsp3) is 0.217.